The van der Waals surface area contributed by atoms with Gasteiger partial charge in [0.25, 0.3) is 0 Å². The standard InChI is InChI=1S/C8H14N4O/c1-3-12(2)8(13)10-5-7-4-9-6-11-7/h4,6H,3,5H2,1-2H3,(H,9,11)(H,10,13). The van der Waals surface area contributed by atoms with Crippen molar-refractivity contribution >= 4 is 6.03 Å². The first kappa shape index (κ1) is 9.57. The first-order valence-electron chi connectivity index (χ1n) is 4.20. The van der Waals surface area contributed by atoms with Gasteiger partial charge in [-0.15, -0.1) is 0 Å². The monoisotopic (exact) mass is 182 g/mol. The number of aromatic nitrogens is 2. The van der Waals surface area contributed by atoms with E-state index in [0.29, 0.717) is 13.1 Å². The molecule has 1 aromatic heterocycles. The van der Waals surface area contributed by atoms with E-state index in [4.69, 9.17) is 0 Å². The van der Waals surface area contributed by atoms with Crippen LogP contribution in [0, 0.1) is 0 Å². The predicted molar refractivity (Wildman–Crippen MR) is 49.1 cm³/mol. The highest BCUT2D eigenvalue weighted by Gasteiger charge is 2.04. The molecule has 2 N–H and O–H groups in total. The van der Waals surface area contributed by atoms with Crippen molar-refractivity contribution in [2.24, 2.45) is 0 Å². The van der Waals surface area contributed by atoms with Gasteiger partial charge in [0.15, 0.2) is 0 Å². The molecule has 0 aliphatic rings. The van der Waals surface area contributed by atoms with Crippen molar-refractivity contribution in [2.45, 2.75) is 13.5 Å². The predicted octanol–water partition coefficient (Wildman–Crippen LogP) is 0.571. The average Bonchev–Trinajstić information content (AvgIpc) is 2.65. The van der Waals surface area contributed by atoms with E-state index in [1.165, 1.54) is 0 Å². The van der Waals surface area contributed by atoms with Gasteiger partial charge in [0.05, 0.1) is 18.6 Å². The summed E-state index contributed by atoms with van der Waals surface area (Å²) in [4.78, 5) is 19.6. The Morgan fingerprint density at radius 3 is 3.08 bits per heavy atom. The number of H-pyrrole nitrogens is 1. The third-order valence-corrected chi connectivity index (χ3v) is 1.81. The lowest BCUT2D eigenvalue weighted by Crippen LogP contribution is -2.36. The molecule has 1 rings (SSSR count). The summed E-state index contributed by atoms with van der Waals surface area (Å²) in [6.07, 6.45) is 3.28. The molecule has 0 saturated heterocycles. The van der Waals surface area contributed by atoms with Crippen LogP contribution in [0.1, 0.15) is 12.6 Å². The maximum Gasteiger partial charge on any atom is 0.317 e. The molecule has 0 radical (unpaired) electrons. The second-order valence-electron chi connectivity index (χ2n) is 2.75. The lowest BCUT2D eigenvalue weighted by molar-refractivity contribution is 0.210. The molecule has 0 saturated carbocycles. The summed E-state index contributed by atoms with van der Waals surface area (Å²) >= 11 is 0. The third-order valence-electron chi connectivity index (χ3n) is 1.81. The van der Waals surface area contributed by atoms with Gasteiger partial charge in [-0.3, -0.25) is 0 Å². The van der Waals surface area contributed by atoms with Crippen LogP contribution in [-0.4, -0.2) is 34.5 Å². The molecule has 1 heterocycles. The molecule has 2 amide bonds. The number of aromatic amines is 1. The van der Waals surface area contributed by atoms with E-state index in [9.17, 15) is 4.79 Å². The van der Waals surface area contributed by atoms with E-state index < -0.39 is 0 Å². The van der Waals surface area contributed by atoms with E-state index in [1.807, 2.05) is 6.92 Å². The highest BCUT2D eigenvalue weighted by Crippen LogP contribution is 1.90. The Balaban J connectivity index is 2.31. The number of urea groups is 1. The van der Waals surface area contributed by atoms with Crippen LogP contribution in [0.15, 0.2) is 12.5 Å². The van der Waals surface area contributed by atoms with Crippen molar-refractivity contribution in [1.29, 1.82) is 0 Å². The molecule has 0 fully saturated rings. The number of amides is 2. The molecule has 1 aromatic rings. The van der Waals surface area contributed by atoms with E-state index in [0.717, 1.165) is 5.69 Å². The van der Waals surface area contributed by atoms with Crippen LogP contribution in [0.25, 0.3) is 0 Å². The zero-order valence-corrected chi connectivity index (χ0v) is 7.87. The van der Waals surface area contributed by atoms with Crippen LogP contribution in [0.2, 0.25) is 0 Å². The van der Waals surface area contributed by atoms with Gasteiger partial charge in [-0.2, -0.15) is 0 Å². The zero-order chi connectivity index (χ0) is 9.68. The molecule has 0 atom stereocenters. The molecule has 0 aromatic carbocycles. The quantitative estimate of drug-likeness (QED) is 0.718. The van der Waals surface area contributed by atoms with Crippen molar-refractivity contribution in [2.75, 3.05) is 13.6 Å². The van der Waals surface area contributed by atoms with Gasteiger partial charge in [-0.25, -0.2) is 9.78 Å². The fraction of sp³-hybridized carbons (Fsp3) is 0.500. The van der Waals surface area contributed by atoms with Gasteiger partial charge in [0.2, 0.25) is 0 Å². The van der Waals surface area contributed by atoms with Crippen LogP contribution < -0.4 is 5.32 Å². The third kappa shape index (κ3) is 2.77. The summed E-state index contributed by atoms with van der Waals surface area (Å²) < 4.78 is 0. The number of carbonyl (C=O) groups is 1. The van der Waals surface area contributed by atoms with Crippen LogP contribution in [0.3, 0.4) is 0 Å². The molecule has 72 valence electrons. The molecule has 5 heteroatoms. The minimum atomic E-state index is -0.0721. The van der Waals surface area contributed by atoms with Gasteiger partial charge < -0.3 is 15.2 Å². The smallest absolute Gasteiger partial charge is 0.317 e. The van der Waals surface area contributed by atoms with Gasteiger partial charge in [-0.05, 0) is 6.92 Å². The van der Waals surface area contributed by atoms with Crippen molar-refractivity contribution in [1.82, 2.24) is 20.2 Å². The summed E-state index contributed by atoms with van der Waals surface area (Å²) in [6, 6.07) is -0.0721. The Labute approximate surface area is 77.2 Å². The first-order chi connectivity index (χ1) is 6.24. The molecular formula is C8H14N4O. The van der Waals surface area contributed by atoms with Crippen LogP contribution in [0.5, 0.6) is 0 Å². The van der Waals surface area contributed by atoms with Crippen molar-refractivity contribution in [3.8, 4) is 0 Å². The molecule has 5 nitrogen and oxygen atoms in total. The molecule has 0 unspecified atom stereocenters. The maximum atomic E-state index is 11.2. The number of nitrogens with one attached hydrogen (secondary N) is 2. The van der Waals surface area contributed by atoms with Gasteiger partial charge in [-0.1, -0.05) is 0 Å². The fourth-order valence-electron chi connectivity index (χ4n) is 0.831. The van der Waals surface area contributed by atoms with E-state index in [-0.39, 0.29) is 6.03 Å². The summed E-state index contributed by atoms with van der Waals surface area (Å²) in [5.74, 6) is 0. The lowest BCUT2D eigenvalue weighted by Gasteiger charge is -2.14. The van der Waals surface area contributed by atoms with Crippen molar-refractivity contribution in [3.63, 3.8) is 0 Å². The second-order valence-corrected chi connectivity index (χ2v) is 2.75. The molecule has 0 spiro atoms. The Kier molecular flexibility index (Phi) is 3.31. The average molecular weight is 182 g/mol. The molecule has 0 bridgehead atoms. The Morgan fingerprint density at radius 1 is 1.77 bits per heavy atom. The molecular weight excluding hydrogens is 168 g/mol. The Bertz CT molecular complexity index is 257. The Hall–Kier alpha value is -1.52. The van der Waals surface area contributed by atoms with Crippen LogP contribution >= 0.6 is 0 Å². The topological polar surface area (TPSA) is 61.0 Å². The summed E-state index contributed by atoms with van der Waals surface area (Å²) in [5, 5.41) is 2.75. The van der Waals surface area contributed by atoms with Crippen molar-refractivity contribution in [3.05, 3.63) is 18.2 Å². The minimum Gasteiger partial charge on any atom is -0.347 e. The summed E-state index contributed by atoms with van der Waals surface area (Å²) in [5.41, 5.74) is 0.901. The number of nitrogens with zero attached hydrogens (tertiary/aromatic N) is 2. The normalized spacial score (nSPS) is 9.69. The number of carbonyl (C=O) groups excluding carboxylic acids is 1. The fourth-order valence-corrected chi connectivity index (χ4v) is 0.831. The SMILES string of the molecule is CCN(C)C(=O)NCc1cnc[nH]1. The van der Waals surface area contributed by atoms with Gasteiger partial charge in [0.1, 0.15) is 0 Å². The summed E-state index contributed by atoms with van der Waals surface area (Å²) in [7, 11) is 1.75. The second kappa shape index (κ2) is 4.49. The Morgan fingerprint density at radius 2 is 2.54 bits per heavy atom. The van der Waals surface area contributed by atoms with Gasteiger partial charge in [0, 0.05) is 19.8 Å². The first-order valence-corrected chi connectivity index (χ1v) is 4.20. The number of imidazole rings is 1. The van der Waals surface area contributed by atoms with Crippen LogP contribution in [-0.2, 0) is 6.54 Å². The number of hydrogen-bond donors (Lipinski definition) is 2. The molecule has 0 aliphatic heterocycles. The molecule has 13 heavy (non-hydrogen) atoms. The highest BCUT2D eigenvalue weighted by molar-refractivity contribution is 5.73. The zero-order valence-electron chi connectivity index (χ0n) is 7.87. The number of hydrogen-bond acceptors (Lipinski definition) is 2. The van der Waals surface area contributed by atoms with Crippen LogP contribution in [0.4, 0.5) is 4.79 Å². The summed E-state index contributed by atoms with van der Waals surface area (Å²) in [6.45, 7) is 3.12. The number of rotatable bonds is 3. The van der Waals surface area contributed by atoms with E-state index >= 15 is 0 Å². The van der Waals surface area contributed by atoms with Crippen molar-refractivity contribution < 1.29 is 4.79 Å². The van der Waals surface area contributed by atoms with E-state index in [1.54, 1.807) is 24.5 Å². The maximum absolute atomic E-state index is 11.2. The highest BCUT2D eigenvalue weighted by atomic mass is 16.2. The van der Waals surface area contributed by atoms with E-state index in [2.05, 4.69) is 15.3 Å². The lowest BCUT2D eigenvalue weighted by atomic mass is 10.5. The largest absolute Gasteiger partial charge is 0.347 e. The molecule has 0 aliphatic carbocycles. The van der Waals surface area contributed by atoms with Gasteiger partial charge >= 0.3 is 6.03 Å². The minimum absolute atomic E-state index is 0.0721.